The fourth-order valence-corrected chi connectivity index (χ4v) is 2.86. The lowest BCUT2D eigenvalue weighted by atomic mass is 10.1. The number of fused-ring (bicyclic) bond motifs is 3. The molecule has 120 valence electrons. The number of nitrogens with zero attached hydrogens (tertiary/aromatic N) is 3. The van der Waals surface area contributed by atoms with Gasteiger partial charge in [-0.25, -0.2) is 4.79 Å². The lowest BCUT2D eigenvalue weighted by Gasteiger charge is -2.11. The zero-order chi connectivity index (χ0) is 16.6. The molecule has 2 aromatic heterocycles. The number of anilines is 1. The lowest BCUT2D eigenvalue weighted by Crippen LogP contribution is -2.22. The Morgan fingerprint density at radius 1 is 1.35 bits per heavy atom. The highest BCUT2D eigenvalue weighted by molar-refractivity contribution is 6.10. The molecule has 1 N–H and O–H groups in total. The van der Waals surface area contributed by atoms with Crippen molar-refractivity contribution in [3.05, 3.63) is 34.6 Å². The van der Waals surface area contributed by atoms with Crippen LogP contribution < -0.4 is 10.9 Å². The van der Waals surface area contributed by atoms with Crippen LogP contribution in [0.3, 0.4) is 0 Å². The smallest absolute Gasteiger partial charge is 0.435 e. The van der Waals surface area contributed by atoms with Crippen LogP contribution in [0, 0.1) is 0 Å². The molecule has 7 nitrogen and oxygen atoms in total. The van der Waals surface area contributed by atoms with Crippen molar-refractivity contribution in [3.63, 3.8) is 0 Å². The molecule has 3 rings (SSSR count). The van der Waals surface area contributed by atoms with Gasteiger partial charge in [-0.05, 0) is 12.5 Å². The standard InChI is InChI=1S/C16H18N4O3/c1-4-9-19-11-8-6-5-7-10(11)13-12(15(19)21)14(17-2)18-20(13)16(22)23-3/h5-8H,4,9H2,1-3H3,(H,17,18). The molecule has 23 heavy (non-hydrogen) atoms. The summed E-state index contributed by atoms with van der Waals surface area (Å²) < 4.78 is 7.66. The van der Waals surface area contributed by atoms with Gasteiger partial charge in [0.05, 0.1) is 18.1 Å². The largest absolute Gasteiger partial charge is 0.451 e. The van der Waals surface area contributed by atoms with Gasteiger partial charge in [0.1, 0.15) is 5.39 Å². The number of ether oxygens (including phenoxy) is 1. The molecule has 0 saturated heterocycles. The maximum absolute atomic E-state index is 13.0. The van der Waals surface area contributed by atoms with E-state index in [-0.39, 0.29) is 5.56 Å². The minimum absolute atomic E-state index is 0.167. The van der Waals surface area contributed by atoms with E-state index >= 15 is 0 Å². The van der Waals surface area contributed by atoms with Gasteiger partial charge in [0, 0.05) is 19.0 Å². The molecule has 0 spiro atoms. The van der Waals surface area contributed by atoms with Gasteiger partial charge < -0.3 is 14.6 Å². The minimum Gasteiger partial charge on any atom is -0.451 e. The van der Waals surface area contributed by atoms with Crippen molar-refractivity contribution >= 4 is 33.7 Å². The van der Waals surface area contributed by atoms with Crippen LogP contribution in [0.15, 0.2) is 29.1 Å². The zero-order valence-corrected chi connectivity index (χ0v) is 13.3. The topological polar surface area (TPSA) is 78.2 Å². The van der Waals surface area contributed by atoms with Crippen molar-refractivity contribution in [3.8, 4) is 0 Å². The predicted octanol–water partition coefficient (Wildman–Crippen LogP) is 2.42. The van der Waals surface area contributed by atoms with Crippen molar-refractivity contribution in [1.82, 2.24) is 14.3 Å². The van der Waals surface area contributed by atoms with E-state index < -0.39 is 6.09 Å². The minimum atomic E-state index is -0.630. The lowest BCUT2D eigenvalue weighted by molar-refractivity contribution is 0.170. The highest BCUT2D eigenvalue weighted by Crippen LogP contribution is 2.27. The Labute approximate surface area is 132 Å². The summed E-state index contributed by atoms with van der Waals surface area (Å²) in [5.41, 5.74) is 1.08. The molecule has 0 amide bonds. The van der Waals surface area contributed by atoms with E-state index in [1.165, 1.54) is 7.11 Å². The van der Waals surface area contributed by atoms with E-state index in [1.54, 1.807) is 11.6 Å². The van der Waals surface area contributed by atoms with Crippen LogP contribution in [0.25, 0.3) is 21.8 Å². The number of methoxy groups -OCH3 is 1. The average molecular weight is 314 g/mol. The van der Waals surface area contributed by atoms with Gasteiger partial charge in [-0.1, -0.05) is 25.1 Å². The summed E-state index contributed by atoms with van der Waals surface area (Å²) in [6.45, 7) is 2.62. The molecule has 2 heterocycles. The first-order valence-electron chi connectivity index (χ1n) is 7.44. The van der Waals surface area contributed by atoms with Crippen LogP contribution in [0.4, 0.5) is 10.6 Å². The van der Waals surface area contributed by atoms with Gasteiger partial charge in [0.15, 0.2) is 5.82 Å². The summed E-state index contributed by atoms with van der Waals surface area (Å²) in [5, 5.41) is 8.28. The number of rotatable bonds is 3. The van der Waals surface area contributed by atoms with E-state index in [0.29, 0.717) is 23.3 Å². The number of nitrogens with one attached hydrogen (secondary N) is 1. The van der Waals surface area contributed by atoms with E-state index in [1.807, 2.05) is 31.2 Å². The third-order valence-electron chi connectivity index (χ3n) is 3.83. The summed E-state index contributed by atoms with van der Waals surface area (Å²) in [7, 11) is 2.96. The Bertz CT molecular complexity index is 955. The van der Waals surface area contributed by atoms with Crippen molar-refractivity contribution in [1.29, 1.82) is 0 Å². The number of carbonyl (C=O) groups excluding carboxylic acids is 1. The van der Waals surface area contributed by atoms with E-state index in [4.69, 9.17) is 4.74 Å². The number of hydrogen-bond donors (Lipinski definition) is 1. The number of carbonyl (C=O) groups is 1. The maximum atomic E-state index is 13.0. The molecule has 1 aromatic carbocycles. The fourth-order valence-electron chi connectivity index (χ4n) is 2.86. The van der Waals surface area contributed by atoms with Crippen molar-refractivity contribution in [2.24, 2.45) is 0 Å². The number of aromatic nitrogens is 3. The number of hydrogen-bond acceptors (Lipinski definition) is 5. The Balaban J connectivity index is 2.58. The Kier molecular flexibility index (Phi) is 3.77. The van der Waals surface area contributed by atoms with Gasteiger partial charge in [-0.2, -0.15) is 4.68 Å². The monoisotopic (exact) mass is 314 g/mol. The van der Waals surface area contributed by atoms with Crippen LogP contribution in [0.5, 0.6) is 0 Å². The third-order valence-corrected chi connectivity index (χ3v) is 3.83. The second kappa shape index (κ2) is 5.75. The highest BCUT2D eigenvalue weighted by atomic mass is 16.5. The molecule has 0 aliphatic heterocycles. The second-order valence-electron chi connectivity index (χ2n) is 5.18. The quantitative estimate of drug-likeness (QED) is 0.803. The van der Waals surface area contributed by atoms with Gasteiger partial charge in [-0.3, -0.25) is 4.79 Å². The van der Waals surface area contributed by atoms with Crippen LogP contribution in [-0.4, -0.2) is 34.6 Å². The predicted molar refractivity (Wildman–Crippen MR) is 89.1 cm³/mol. The molecule has 0 radical (unpaired) electrons. The Morgan fingerprint density at radius 2 is 2.09 bits per heavy atom. The van der Waals surface area contributed by atoms with Crippen molar-refractivity contribution in [2.75, 3.05) is 19.5 Å². The summed E-state index contributed by atoms with van der Waals surface area (Å²) in [5.74, 6) is 0.367. The van der Waals surface area contributed by atoms with Crippen LogP contribution in [-0.2, 0) is 11.3 Å². The molecular formula is C16H18N4O3. The normalized spacial score (nSPS) is 11.1. The molecule has 0 fully saturated rings. The molecular weight excluding hydrogens is 296 g/mol. The van der Waals surface area contributed by atoms with E-state index in [2.05, 4.69) is 10.4 Å². The highest BCUT2D eigenvalue weighted by Gasteiger charge is 2.22. The van der Waals surface area contributed by atoms with E-state index in [0.717, 1.165) is 22.0 Å². The first kappa shape index (κ1) is 15.1. The summed E-state index contributed by atoms with van der Waals surface area (Å²) in [4.78, 5) is 25.0. The summed E-state index contributed by atoms with van der Waals surface area (Å²) in [6, 6.07) is 7.50. The molecule has 0 unspecified atom stereocenters. The maximum Gasteiger partial charge on any atom is 0.435 e. The van der Waals surface area contributed by atoms with Gasteiger partial charge in [0.2, 0.25) is 0 Å². The molecule has 0 saturated carbocycles. The van der Waals surface area contributed by atoms with Gasteiger partial charge in [-0.15, -0.1) is 5.10 Å². The molecule has 0 atom stereocenters. The summed E-state index contributed by atoms with van der Waals surface area (Å²) >= 11 is 0. The SMILES string of the molecule is CCCn1c(=O)c2c(NC)nn(C(=O)OC)c2c2ccccc21. The number of pyridine rings is 1. The molecule has 7 heteroatoms. The molecule has 0 aliphatic rings. The van der Waals surface area contributed by atoms with Gasteiger partial charge in [0.25, 0.3) is 5.56 Å². The average Bonchev–Trinajstić information content (AvgIpc) is 2.98. The fraction of sp³-hybridized carbons (Fsp3) is 0.312. The first-order chi connectivity index (χ1) is 11.1. The second-order valence-corrected chi connectivity index (χ2v) is 5.18. The molecule has 3 aromatic rings. The summed E-state index contributed by atoms with van der Waals surface area (Å²) in [6.07, 6.45) is 0.199. The van der Waals surface area contributed by atoms with Crippen LogP contribution in [0.2, 0.25) is 0 Å². The third kappa shape index (κ3) is 2.16. The van der Waals surface area contributed by atoms with Crippen LogP contribution >= 0.6 is 0 Å². The van der Waals surface area contributed by atoms with Crippen LogP contribution in [0.1, 0.15) is 13.3 Å². The van der Waals surface area contributed by atoms with Crippen molar-refractivity contribution in [2.45, 2.75) is 19.9 Å². The van der Waals surface area contributed by atoms with Crippen molar-refractivity contribution < 1.29 is 9.53 Å². The molecule has 0 bridgehead atoms. The zero-order valence-electron chi connectivity index (χ0n) is 13.3. The number of aryl methyl sites for hydroxylation is 1. The van der Waals surface area contributed by atoms with E-state index in [9.17, 15) is 9.59 Å². The Morgan fingerprint density at radius 3 is 2.74 bits per heavy atom. The van der Waals surface area contributed by atoms with Gasteiger partial charge >= 0.3 is 6.09 Å². The number of para-hydroxylation sites is 1. The first-order valence-corrected chi connectivity index (χ1v) is 7.44. The Hall–Kier alpha value is -2.83. The number of benzene rings is 1. The molecule has 0 aliphatic carbocycles.